The van der Waals surface area contributed by atoms with Crippen LogP contribution in [0.15, 0.2) is 46.7 Å². The van der Waals surface area contributed by atoms with Gasteiger partial charge in [0.25, 0.3) is 10.8 Å². The molecular weight excluding hydrogens is 584 g/mol. The molecular formula is C29H28F2N5O4S2+. The summed E-state index contributed by atoms with van der Waals surface area (Å²) in [5.74, 6) is 3.64. The number of carboxylic acids is 1. The molecule has 218 valence electrons. The normalized spacial score (nSPS) is 13.1. The maximum absolute atomic E-state index is 14.8. The molecule has 2 aromatic heterocycles. The fourth-order valence-corrected chi connectivity index (χ4v) is 5.79. The second-order valence-electron chi connectivity index (χ2n) is 10.1. The second kappa shape index (κ2) is 12.1. The summed E-state index contributed by atoms with van der Waals surface area (Å²) in [5, 5.41) is 21.1. The lowest BCUT2D eigenvalue weighted by Crippen LogP contribution is -2.47. The molecule has 42 heavy (non-hydrogen) atoms. The van der Waals surface area contributed by atoms with Gasteiger partial charge in [-0.2, -0.15) is 0 Å². The molecule has 4 aromatic rings. The van der Waals surface area contributed by atoms with E-state index < -0.39 is 32.5 Å². The van der Waals surface area contributed by atoms with Gasteiger partial charge < -0.3 is 5.11 Å². The highest BCUT2D eigenvalue weighted by Gasteiger charge is 2.35. The molecule has 9 nitrogen and oxygen atoms in total. The highest BCUT2D eigenvalue weighted by molar-refractivity contribution is 7.89. The van der Waals surface area contributed by atoms with Crippen LogP contribution < -0.4 is 9.82 Å². The molecule has 13 heteroatoms. The monoisotopic (exact) mass is 612 g/mol. The van der Waals surface area contributed by atoms with E-state index in [0.717, 1.165) is 49.2 Å². The van der Waals surface area contributed by atoms with Gasteiger partial charge in [0.15, 0.2) is 11.4 Å². The first kappa shape index (κ1) is 29.5. The van der Waals surface area contributed by atoms with E-state index in [0.29, 0.717) is 46.5 Å². The van der Waals surface area contributed by atoms with E-state index in [1.54, 1.807) is 12.1 Å². The molecule has 0 spiro atoms. The zero-order chi connectivity index (χ0) is 30.0. The van der Waals surface area contributed by atoms with Crippen LogP contribution in [0.2, 0.25) is 0 Å². The summed E-state index contributed by atoms with van der Waals surface area (Å²) in [5.41, 5.74) is 2.19. The molecule has 5 rings (SSSR count). The maximum atomic E-state index is 14.8. The zero-order valence-electron chi connectivity index (χ0n) is 22.7. The molecule has 1 aliphatic carbocycles. The third-order valence-electron chi connectivity index (χ3n) is 6.81. The molecule has 0 bridgehead atoms. The molecule has 0 atom stereocenters. The number of carbonyl (C=O) groups is 1. The van der Waals surface area contributed by atoms with Gasteiger partial charge in [-0.3, -0.25) is 0 Å². The predicted octanol–water partition coefficient (Wildman–Crippen LogP) is 4.45. The Morgan fingerprint density at radius 1 is 1.21 bits per heavy atom. The Morgan fingerprint density at radius 3 is 2.64 bits per heavy atom. The first-order chi connectivity index (χ1) is 20.0. The minimum absolute atomic E-state index is 0.126. The van der Waals surface area contributed by atoms with E-state index in [1.807, 2.05) is 11.6 Å². The number of aromatic nitrogens is 4. The van der Waals surface area contributed by atoms with Crippen LogP contribution in [0.1, 0.15) is 66.3 Å². The Kier molecular flexibility index (Phi) is 8.49. The molecule has 1 fully saturated rings. The lowest BCUT2D eigenvalue weighted by Gasteiger charge is -2.07. The molecule has 2 heterocycles. The number of hydrogen-bond acceptors (Lipinski definition) is 6. The van der Waals surface area contributed by atoms with Crippen molar-refractivity contribution in [3.63, 3.8) is 0 Å². The van der Waals surface area contributed by atoms with Crippen LogP contribution in [0.3, 0.4) is 0 Å². The minimum Gasteiger partial charge on any atom is -0.476 e. The number of nitrogens with zero attached hydrogens (tertiary/aromatic N) is 4. The first-order valence-corrected chi connectivity index (χ1v) is 15.8. The molecule has 2 aromatic carbocycles. The molecule has 1 saturated carbocycles. The van der Waals surface area contributed by atoms with Crippen LogP contribution in [0.4, 0.5) is 8.78 Å². The van der Waals surface area contributed by atoms with Gasteiger partial charge in [-0.05, 0) is 61.1 Å². The van der Waals surface area contributed by atoms with Crippen LogP contribution in [-0.4, -0.2) is 34.4 Å². The Hall–Kier alpha value is -3.99. The van der Waals surface area contributed by atoms with Crippen molar-refractivity contribution in [3.8, 4) is 28.2 Å². The second-order valence-corrected chi connectivity index (χ2v) is 12.5. The van der Waals surface area contributed by atoms with Crippen molar-refractivity contribution >= 4 is 27.3 Å². The summed E-state index contributed by atoms with van der Waals surface area (Å²) in [6, 6.07) is 8.23. The van der Waals surface area contributed by atoms with Crippen molar-refractivity contribution in [2.45, 2.75) is 56.9 Å². The zero-order valence-corrected chi connectivity index (χ0v) is 24.3. The fourth-order valence-electron chi connectivity index (χ4n) is 4.44. The number of primary sulfonamides is 1. The Balaban J connectivity index is 1.67. The summed E-state index contributed by atoms with van der Waals surface area (Å²) in [6.07, 6.45) is 4.64. The van der Waals surface area contributed by atoms with E-state index >= 15 is 0 Å². The van der Waals surface area contributed by atoms with Crippen molar-refractivity contribution in [3.05, 3.63) is 75.9 Å². The molecule has 0 saturated heterocycles. The van der Waals surface area contributed by atoms with E-state index in [2.05, 4.69) is 16.8 Å². The van der Waals surface area contributed by atoms with Crippen molar-refractivity contribution in [1.29, 1.82) is 0 Å². The van der Waals surface area contributed by atoms with Crippen LogP contribution in [0.25, 0.3) is 16.4 Å². The van der Waals surface area contributed by atoms with Gasteiger partial charge in [0.05, 0.1) is 10.7 Å². The molecule has 0 radical (unpaired) electrons. The minimum atomic E-state index is -4.25. The van der Waals surface area contributed by atoms with Gasteiger partial charge in [0.2, 0.25) is 10.0 Å². The number of carboxylic acid groups (broad SMARTS) is 1. The van der Waals surface area contributed by atoms with Crippen molar-refractivity contribution in [2.24, 2.45) is 11.1 Å². The van der Waals surface area contributed by atoms with Crippen LogP contribution in [0.5, 0.6) is 0 Å². The quantitative estimate of drug-likeness (QED) is 0.155. The summed E-state index contributed by atoms with van der Waals surface area (Å²) in [6.45, 7) is 2.58. The number of benzene rings is 2. The number of hydrogen-bond donors (Lipinski definition) is 2. The van der Waals surface area contributed by atoms with Gasteiger partial charge in [-0.1, -0.05) is 42.6 Å². The van der Waals surface area contributed by atoms with Crippen molar-refractivity contribution in [2.75, 3.05) is 0 Å². The molecule has 0 aliphatic heterocycles. The Labute approximate surface area is 245 Å². The number of nitrogens with two attached hydrogens (primary N) is 1. The highest BCUT2D eigenvalue weighted by Crippen LogP contribution is 2.31. The molecule has 0 unspecified atom stereocenters. The van der Waals surface area contributed by atoms with Crippen LogP contribution in [-0.2, 0) is 23.0 Å². The van der Waals surface area contributed by atoms with Crippen molar-refractivity contribution in [1.82, 2.24) is 14.9 Å². The van der Waals surface area contributed by atoms with Crippen LogP contribution in [0, 0.1) is 29.4 Å². The predicted molar refractivity (Wildman–Crippen MR) is 151 cm³/mol. The standard InChI is InChI=1S/C29H27F2N5O4S2/c1-2-3-4-5-6-20-15-21(10-11-22(20)30)27-25(14-19-9-12-26(23(31)13-19)42(32,39)40)35(16-18-7-8-18)36(34-27)29-33-24(17-41-29)28(37)38/h9-13,15,17-18H,2-4,7-8,14,16H2,1H3,(H2-,32,37,38,39,40)/p+1. The number of sulfonamides is 1. The van der Waals surface area contributed by atoms with E-state index in [-0.39, 0.29) is 17.7 Å². The largest absolute Gasteiger partial charge is 0.476 e. The van der Waals surface area contributed by atoms with Crippen LogP contribution >= 0.6 is 11.3 Å². The number of halogens is 2. The molecule has 3 N–H and O–H groups in total. The maximum Gasteiger partial charge on any atom is 0.355 e. The topological polar surface area (TPSA) is 132 Å². The number of rotatable bonds is 10. The third-order valence-corrected chi connectivity index (χ3v) is 8.56. The lowest BCUT2D eigenvalue weighted by molar-refractivity contribution is -0.778. The summed E-state index contributed by atoms with van der Waals surface area (Å²) >= 11 is 1.11. The summed E-state index contributed by atoms with van der Waals surface area (Å²) in [7, 11) is -4.25. The van der Waals surface area contributed by atoms with Gasteiger partial charge in [0, 0.05) is 28.6 Å². The third kappa shape index (κ3) is 6.56. The average Bonchev–Trinajstić information content (AvgIpc) is 3.49. The number of unbranched alkanes of at least 4 members (excludes halogenated alkanes) is 2. The first-order valence-electron chi connectivity index (χ1n) is 13.4. The van der Waals surface area contributed by atoms with E-state index in [4.69, 9.17) is 10.2 Å². The fraction of sp³-hybridized carbons (Fsp3) is 0.310. The Bertz CT molecular complexity index is 1840. The Morgan fingerprint density at radius 2 is 2.00 bits per heavy atom. The molecule has 1 aliphatic rings. The SMILES string of the molecule is CCCCC#Cc1cc(-c2nn(-c3nc(C(=O)O)cs3)[n+](CC3CC3)c2Cc2ccc(S(N)(=O)=O)c(F)c2)ccc1F. The van der Waals surface area contributed by atoms with Gasteiger partial charge in [-0.15, -0.1) is 4.68 Å². The number of aromatic carboxylic acids is 1. The van der Waals surface area contributed by atoms with Gasteiger partial charge in [0.1, 0.15) is 23.1 Å². The average molecular weight is 613 g/mol. The van der Waals surface area contributed by atoms with Gasteiger partial charge >= 0.3 is 5.97 Å². The van der Waals surface area contributed by atoms with E-state index in [9.17, 15) is 27.1 Å². The summed E-state index contributed by atoms with van der Waals surface area (Å²) < 4.78 is 54.9. The highest BCUT2D eigenvalue weighted by atomic mass is 32.2. The lowest BCUT2D eigenvalue weighted by atomic mass is 10.0. The molecule has 0 amide bonds. The number of thiazole rings is 1. The van der Waals surface area contributed by atoms with Gasteiger partial charge in [-0.25, -0.2) is 32.1 Å². The summed E-state index contributed by atoms with van der Waals surface area (Å²) in [4.78, 5) is 16.7. The van der Waals surface area contributed by atoms with E-state index in [1.165, 1.54) is 22.3 Å². The smallest absolute Gasteiger partial charge is 0.355 e. The van der Waals surface area contributed by atoms with Crippen molar-refractivity contribution < 1.29 is 31.8 Å².